The molecule has 1 fully saturated rings. The zero-order chi connectivity index (χ0) is 76.2. The van der Waals surface area contributed by atoms with Crippen molar-refractivity contribution in [3.8, 4) is 29.0 Å². The number of benzene rings is 7. The summed E-state index contributed by atoms with van der Waals surface area (Å²) < 4.78 is 54.8. The Labute approximate surface area is 629 Å². The molecule has 106 heavy (non-hydrogen) atoms. The Bertz CT molecular complexity index is 4900. The average molecular weight is 1530 g/mol. The van der Waals surface area contributed by atoms with E-state index in [2.05, 4.69) is 86.9 Å². The number of esters is 1. The molecule has 554 valence electrons. The van der Waals surface area contributed by atoms with Gasteiger partial charge in [-0.1, -0.05) is 197 Å². The van der Waals surface area contributed by atoms with E-state index in [-0.39, 0.29) is 75.3 Å². The Hall–Kier alpha value is -9.14. The lowest BCUT2D eigenvalue weighted by atomic mass is 9.57. The normalized spacial score (nSPS) is 21.2. The van der Waals surface area contributed by atoms with Crippen LogP contribution in [0.15, 0.2) is 178 Å². The molecule has 0 bridgehead atoms. The highest BCUT2D eigenvalue weighted by atomic mass is 79.9. The van der Waals surface area contributed by atoms with Crippen molar-refractivity contribution < 1.29 is 70.7 Å². The molecular weight excluding hydrogens is 1440 g/mol. The fourth-order valence-corrected chi connectivity index (χ4v) is 18.4. The van der Waals surface area contributed by atoms with Crippen molar-refractivity contribution in [1.29, 1.82) is 0 Å². The second kappa shape index (κ2) is 29.9. The number of aromatic nitrogens is 2. The molecule has 0 saturated heterocycles. The SMILES string of the molecule is CN(C)[C@@H]1c2onc(OCc3ccccc3)c2C(=O)[C@@]2(O[Si](C)(C)C(C)(C)C)C(=O)C=CC[C@@H]12.COc1c(C(=O)Oc2ccccc2)c(CBr)cc2ccccc12.COc1c2c(cc3ccccc13)C[C@H]1C[C@H]3[C@H](N(C)C)c4onc(OCc5ccccc5)c4C(=O)[C@@]3(O[Si](C)(C)C(C)(C)C)C(=O)C1=C2O. The van der Waals surface area contributed by atoms with Crippen LogP contribution < -0.4 is 23.7 Å². The number of aliphatic hydroxyl groups excluding tert-OH is 1. The number of carbonyl (C=O) groups is 5. The summed E-state index contributed by atoms with van der Waals surface area (Å²) in [5, 5.41) is 24.3. The van der Waals surface area contributed by atoms with E-state index < -0.39 is 69.0 Å². The maximum atomic E-state index is 15.5. The number of para-hydroxylation sites is 1. The molecule has 7 atom stereocenters. The summed E-state index contributed by atoms with van der Waals surface area (Å²) in [7, 11) is 5.43. The van der Waals surface area contributed by atoms with Crippen molar-refractivity contribution in [2.24, 2.45) is 17.8 Å². The number of hydrogen-bond acceptors (Lipinski definition) is 19. The summed E-state index contributed by atoms with van der Waals surface area (Å²) >= 11 is 3.45. The summed E-state index contributed by atoms with van der Waals surface area (Å²) in [6.07, 6.45) is 4.76. The van der Waals surface area contributed by atoms with Crippen molar-refractivity contribution in [3.05, 3.63) is 225 Å². The second-order valence-corrected chi connectivity index (χ2v) is 41.3. The first-order valence-corrected chi connectivity index (χ1v) is 42.6. The first-order valence-electron chi connectivity index (χ1n) is 35.7. The minimum Gasteiger partial charge on any atom is -0.507 e. The summed E-state index contributed by atoms with van der Waals surface area (Å²) in [6.45, 7) is 21.2. The van der Waals surface area contributed by atoms with Crippen molar-refractivity contribution in [3.63, 3.8) is 0 Å². The van der Waals surface area contributed by atoms with E-state index >= 15 is 9.59 Å². The van der Waals surface area contributed by atoms with E-state index in [1.165, 1.54) is 6.08 Å². The largest absolute Gasteiger partial charge is 0.507 e. The van der Waals surface area contributed by atoms with E-state index in [1.807, 2.05) is 191 Å². The number of aliphatic hydroxyl groups is 1. The highest BCUT2D eigenvalue weighted by Gasteiger charge is 2.70. The molecule has 2 heterocycles. The standard InChI is InChI=1S/C39H44N2O7Si.C26H34N2O5Si.C19H15BrO3/c1-38(2,3)49(7,8)48-39-27(31(41(4)5)34-30(36(39)44)37(40-47-34)46-21-22-14-10-9-11-15-22)20-25-19-24-18-23-16-12-13-17-26(23)33(45-6)28(24)32(42)29(25)35(39)43;1-25(2,3)34(6,7)33-26-18(14-11-15-19(26)29)21(28(4)5)22-20(23(26)30)24(27-32-22)31-16-17-12-9-8-10-13-17;1-22-18-16-10-6-5-7-13(16)11-14(12-20)17(18)19(21)23-15-8-3-2-4-9-15/h9-18,25,27,31,42H,19-21H2,1-8H3;8-13,15,18,21H,14,16H2,1-7H3;2-11H,12H2,1H3/t25-,27-,31-,39-;18-,21-,26-;/m00./s1. The number of rotatable bonds is 17. The topological polar surface area (TPSA) is 229 Å². The number of halogens is 1. The van der Waals surface area contributed by atoms with Gasteiger partial charge in [0, 0.05) is 33.5 Å². The number of alkyl halides is 1. The van der Waals surface area contributed by atoms with Gasteiger partial charge in [-0.3, -0.25) is 29.0 Å². The van der Waals surface area contributed by atoms with Gasteiger partial charge in [0.15, 0.2) is 45.1 Å². The van der Waals surface area contributed by atoms with Gasteiger partial charge in [0.25, 0.3) is 11.8 Å². The zero-order valence-electron chi connectivity index (χ0n) is 63.0. The molecule has 5 aliphatic carbocycles. The molecular formula is C84H93BrN4O15Si2. The lowest BCUT2D eigenvalue weighted by Crippen LogP contribution is -2.68. The average Bonchev–Trinajstić information content (AvgIpc) is 1.13. The maximum absolute atomic E-state index is 15.5. The highest BCUT2D eigenvalue weighted by Crippen LogP contribution is 2.60. The molecule has 0 spiro atoms. The molecule has 19 nitrogen and oxygen atoms in total. The predicted octanol–water partition coefficient (Wildman–Crippen LogP) is 17.6. The molecule has 14 rings (SSSR count). The molecule has 1 N–H and O–H groups in total. The highest BCUT2D eigenvalue weighted by molar-refractivity contribution is 9.08. The Morgan fingerprint density at radius 3 is 1.57 bits per heavy atom. The maximum Gasteiger partial charge on any atom is 0.347 e. The molecule has 7 aromatic carbocycles. The lowest BCUT2D eigenvalue weighted by Gasteiger charge is -2.55. The van der Waals surface area contributed by atoms with Crippen molar-refractivity contribution in [2.45, 2.75) is 139 Å². The smallest absolute Gasteiger partial charge is 0.347 e. The van der Waals surface area contributed by atoms with Crippen LogP contribution in [0.25, 0.3) is 27.3 Å². The molecule has 0 radical (unpaired) electrons. The Kier molecular flexibility index (Phi) is 21.6. The number of hydrogen-bond donors (Lipinski definition) is 1. The third kappa shape index (κ3) is 13.7. The van der Waals surface area contributed by atoms with Gasteiger partial charge in [0.2, 0.25) is 17.3 Å². The van der Waals surface area contributed by atoms with Gasteiger partial charge < -0.3 is 46.7 Å². The summed E-state index contributed by atoms with van der Waals surface area (Å²) in [5.41, 5.74) is 1.49. The quantitative estimate of drug-likeness (QED) is 0.0294. The van der Waals surface area contributed by atoms with Gasteiger partial charge in [-0.05, 0) is 157 Å². The minimum absolute atomic E-state index is 0.0302. The Balaban J connectivity index is 0.000000160. The fourth-order valence-electron chi connectivity index (χ4n) is 15.1. The first-order chi connectivity index (χ1) is 50.3. The lowest BCUT2D eigenvalue weighted by molar-refractivity contribution is -0.140. The number of methoxy groups -OCH3 is 2. The zero-order valence-corrected chi connectivity index (χ0v) is 66.6. The summed E-state index contributed by atoms with van der Waals surface area (Å²) in [6, 6.07) is 47.1. The first kappa shape index (κ1) is 76.5. The van der Waals surface area contributed by atoms with E-state index in [1.54, 1.807) is 26.4 Å². The predicted molar refractivity (Wildman–Crippen MR) is 415 cm³/mol. The monoisotopic (exact) mass is 1530 g/mol. The van der Waals surface area contributed by atoms with Gasteiger partial charge in [-0.25, -0.2) is 4.79 Å². The van der Waals surface area contributed by atoms with Crippen molar-refractivity contribution in [2.75, 3.05) is 42.4 Å². The van der Waals surface area contributed by atoms with Crippen LogP contribution in [0.1, 0.15) is 137 Å². The number of carbonyl (C=O) groups excluding carboxylic acids is 5. The van der Waals surface area contributed by atoms with Crippen LogP contribution in [0.2, 0.25) is 36.3 Å². The van der Waals surface area contributed by atoms with E-state index in [0.717, 1.165) is 43.8 Å². The van der Waals surface area contributed by atoms with Gasteiger partial charge >= 0.3 is 5.97 Å². The number of Topliss-reactive ketones (excluding diaryl/α,β-unsaturated/α-hetero) is 3. The van der Waals surface area contributed by atoms with E-state index in [0.29, 0.717) is 64.5 Å². The van der Waals surface area contributed by atoms with Gasteiger partial charge in [0.05, 0.1) is 31.9 Å². The minimum atomic E-state index is -2.83. The summed E-state index contributed by atoms with van der Waals surface area (Å²) in [5.74, 6) is -1.25. The molecule has 1 saturated carbocycles. The van der Waals surface area contributed by atoms with Crippen LogP contribution in [0.5, 0.6) is 29.0 Å². The van der Waals surface area contributed by atoms with Gasteiger partial charge in [-0.2, -0.15) is 0 Å². The van der Waals surface area contributed by atoms with E-state index in [4.69, 9.17) is 41.6 Å². The molecule has 0 unspecified atom stereocenters. The molecule has 5 aliphatic rings. The van der Waals surface area contributed by atoms with Crippen LogP contribution in [0, 0.1) is 17.8 Å². The van der Waals surface area contributed by atoms with Crippen LogP contribution in [-0.2, 0) is 43.4 Å². The molecule has 22 heteroatoms. The third-order valence-corrected chi connectivity index (χ3v) is 31.7. The van der Waals surface area contributed by atoms with E-state index in [9.17, 15) is 19.5 Å². The van der Waals surface area contributed by atoms with Crippen LogP contribution in [0.4, 0.5) is 0 Å². The molecule has 0 amide bonds. The molecule has 0 aliphatic heterocycles. The van der Waals surface area contributed by atoms with Gasteiger partial charge in [0.1, 0.15) is 52.9 Å². The van der Waals surface area contributed by atoms with Crippen molar-refractivity contribution in [1.82, 2.24) is 20.1 Å². The van der Waals surface area contributed by atoms with Crippen molar-refractivity contribution >= 4 is 89.0 Å². The van der Waals surface area contributed by atoms with Crippen LogP contribution in [0.3, 0.4) is 0 Å². The number of nitrogens with zero attached hydrogens (tertiary/aromatic N) is 4. The molecule has 2 aromatic heterocycles. The third-order valence-electron chi connectivity index (χ3n) is 22.2. The van der Waals surface area contributed by atoms with Gasteiger partial charge in [-0.15, -0.1) is 0 Å². The number of fused-ring (bicyclic) bond motifs is 8. The number of ether oxygens (including phenoxy) is 5. The Morgan fingerprint density at radius 2 is 1.07 bits per heavy atom. The van der Waals surface area contributed by atoms with Crippen LogP contribution in [-0.4, -0.2) is 125 Å². The number of allylic oxidation sites excluding steroid dienone is 1. The summed E-state index contributed by atoms with van der Waals surface area (Å²) in [4.78, 5) is 75.4. The number of ketones is 4. The second-order valence-electron chi connectivity index (χ2n) is 31.3. The Morgan fingerprint density at radius 1 is 0.604 bits per heavy atom. The fraction of sp³-hybridized carbons (Fsp3) is 0.369. The van der Waals surface area contributed by atoms with Crippen LogP contribution >= 0.6 is 15.9 Å². The molecule has 9 aromatic rings.